The fourth-order valence-electron chi connectivity index (χ4n) is 3.26. The number of benzene rings is 1. The van der Waals surface area contributed by atoms with Gasteiger partial charge in [0.05, 0.1) is 11.6 Å². The Bertz CT molecular complexity index is 541. The minimum atomic E-state index is -0.806. The smallest absolute Gasteiger partial charge is 0.240 e. The Balaban J connectivity index is 0.00000208. The van der Waals surface area contributed by atoms with Gasteiger partial charge in [-0.15, -0.1) is 12.4 Å². The third-order valence-corrected chi connectivity index (χ3v) is 4.85. The number of rotatable bonds is 5. The molecule has 134 valence electrons. The number of nitrogens with two attached hydrogens (primary N) is 1. The van der Waals surface area contributed by atoms with Crippen molar-refractivity contribution < 1.29 is 14.3 Å². The maximum Gasteiger partial charge on any atom is 0.240 e. The summed E-state index contributed by atoms with van der Waals surface area (Å²) < 4.78 is 11.4. The van der Waals surface area contributed by atoms with Crippen LogP contribution in [0.15, 0.2) is 24.3 Å². The summed E-state index contributed by atoms with van der Waals surface area (Å²) in [7, 11) is 0. The van der Waals surface area contributed by atoms with Gasteiger partial charge < -0.3 is 20.5 Å². The minimum Gasteiger partial charge on any atom is -0.490 e. The van der Waals surface area contributed by atoms with Gasteiger partial charge in [-0.05, 0) is 44.6 Å². The Kier molecular flexibility index (Phi) is 6.90. The van der Waals surface area contributed by atoms with Gasteiger partial charge >= 0.3 is 0 Å². The third-order valence-electron chi connectivity index (χ3n) is 4.85. The van der Waals surface area contributed by atoms with Crippen molar-refractivity contribution in [2.45, 2.75) is 56.7 Å². The fraction of sp³-hybridized carbons (Fsp3) is 0.611. The highest BCUT2D eigenvalue weighted by molar-refractivity contribution is 5.86. The molecule has 1 aliphatic carbocycles. The fourth-order valence-corrected chi connectivity index (χ4v) is 3.26. The highest BCUT2D eigenvalue weighted by Crippen LogP contribution is 2.27. The molecule has 0 spiro atoms. The predicted octanol–water partition coefficient (Wildman–Crippen LogP) is 2.55. The predicted molar refractivity (Wildman–Crippen MR) is 95.4 cm³/mol. The van der Waals surface area contributed by atoms with Gasteiger partial charge in [0.25, 0.3) is 0 Å². The molecule has 1 heterocycles. The lowest BCUT2D eigenvalue weighted by Gasteiger charge is -2.31. The van der Waals surface area contributed by atoms with Crippen LogP contribution >= 0.6 is 12.4 Å². The summed E-state index contributed by atoms with van der Waals surface area (Å²) in [6, 6.07) is 7.92. The number of carbonyl (C=O) groups excluding carboxylic acids is 1. The number of para-hydroxylation sites is 1. The Morgan fingerprint density at radius 3 is 2.62 bits per heavy atom. The van der Waals surface area contributed by atoms with Crippen LogP contribution in [0.2, 0.25) is 0 Å². The second kappa shape index (κ2) is 8.70. The number of hydrogen-bond acceptors (Lipinski definition) is 4. The van der Waals surface area contributed by atoms with E-state index in [4.69, 9.17) is 15.2 Å². The molecule has 6 heteroatoms. The van der Waals surface area contributed by atoms with Crippen LogP contribution in [0.25, 0.3) is 0 Å². The molecular weight excluding hydrogens is 328 g/mol. The van der Waals surface area contributed by atoms with Crippen molar-refractivity contribution in [3.05, 3.63) is 29.8 Å². The summed E-state index contributed by atoms with van der Waals surface area (Å²) >= 11 is 0. The molecule has 2 aliphatic rings. The number of hydrogen-bond donors (Lipinski definition) is 2. The number of halogens is 1. The van der Waals surface area contributed by atoms with Crippen molar-refractivity contribution in [1.29, 1.82) is 0 Å². The summed E-state index contributed by atoms with van der Waals surface area (Å²) in [5.41, 5.74) is 6.41. The highest BCUT2D eigenvalue weighted by Gasteiger charge is 2.35. The molecule has 0 unspecified atom stereocenters. The molecule has 1 saturated heterocycles. The van der Waals surface area contributed by atoms with Gasteiger partial charge in [-0.1, -0.05) is 18.2 Å². The van der Waals surface area contributed by atoms with Crippen LogP contribution in [0.3, 0.4) is 0 Å². The summed E-state index contributed by atoms with van der Waals surface area (Å²) in [5.74, 6) is 0.772. The molecule has 0 aromatic heterocycles. The van der Waals surface area contributed by atoms with E-state index in [1.54, 1.807) is 0 Å². The Labute approximate surface area is 149 Å². The van der Waals surface area contributed by atoms with Crippen molar-refractivity contribution in [3.8, 4) is 5.75 Å². The summed E-state index contributed by atoms with van der Waals surface area (Å²) in [4.78, 5) is 12.4. The van der Waals surface area contributed by atoms with Gasteiger partial charge in [0.2, 0.25) is 5.91 Å². The standard InChI is InChI=1S/C18H26N2O3.ClH/c19-18(9-11-22-12-10-18)17(21)20-13-14-5-1-4-8-16(14)23-15-6-2-3-7-15;/h1,4-5,8,15H,2-3,6-7,9-13,19H2,(H,20,21);1H. The van der Waals surface area contributed by atoms with Crippen LogP contribution in [0.5, 0.6) is 5.75 Å². The van der Waals surface area contributed by atoms with Crippen molar-refractivity contribution >= 4 is 18.3 Å². The zero-order valence-corrected chi connectivity index (χ0v) is 14.8. The quantitative estimate of drug-likeness (QED) is 0.852. The molecule has 5 nitrogen and oxygen atoms in total. The monoisotopic (exact) mass is 354 g/mol. The normalized spacial score (nSPS) is 20.2. The average molecular weight is 355 g/mol. The van der Waals surface area contributed by atoms with Crippen LogP contribution in [-0.2, 0) is 16.1 Å². The van der Waals surface area contributed by atoms with Crippen LogP contribution in [0.4, 0.5) is 0 Å². The zero-order valence-electron chi connectivity index (χ0n) is 14.0. The van der Waals surface area contributed by atoms with E-state index in [1.807, 2.05) is 24.3 Å². The van der Waals surface area contributed by atoms with E-state index < -0.39 is 5.54 Å². The second-order valence-electron chi connectivity index (χ2n) is 6.58. The number of amides is 1. The van der Waals surface area contributed by atoms with Crippen molar-refractivity contribution in [3.63, 3.8) is 0 Å². The molecule has 3 N–H and O–H groups in total. The lowest BCUT2D eigenvalue weighted by atomic mass is 9.90. The van der Waals surface area contributed by atoms with Gasteiger partial charge in [-0.2, -0.15) is 0 Å². The van der Waals surface area contributed by atoms with E-state index >= 15 is 0 Å². The van der Waals surface area contributed by atoms with E-state index in [0.717, 1.165) is 24.2 Å². The molecule has 0 radical (unpaired) electrons. The summed E-state index contributed by atoms with van der Waals surface area (Å²) in [5, 5.41) is 2.97. The van der Waals surface area contributed by atoms with E-state index in [0.29, 0.717) is 38.7 Å². The first kappa shape index (κ1) is 19.0. The molecule has 24 heavy (non-hydrogen) atoms. The maximum atomic E-state index is 12.4. The Hall–Kier alpha value is -1.30. The molecule has 0 bridgehead atoms. The van der Waals surface area contributed by atoms with E-state index in [1.165, 1.54) is 12.8 Å². The lowest BCUT2D eigenvalue weighted by molar-refractivity contribution is -0.129. The van der Waals surface area contributed by atoms with Gasteiger partial charge in [0.15, 0.2) is 0 Å². The van der Waals surface area contributed by atoms with Gasteiger partial charge in [0, 0.05) is 25.3 Å². The Morgan fingerprint density at radius 2 is 1.92 bits per heavy atom. The van der Waals surface area contributed by atoms with Gasteiger partial charge in [-0.3, -0.25) is 4.79 Å². The van der Waals surface area contributed by atoms with Gasteiger partial charge in [-0.25, -0.2) is 0 Å². The molecule has 1 aliphatic heterocycles. The molecule has 2 fully saturated rings. The van der Waals surface area contributed by atoms with Crippen molar-refractivity contribution in [1.82, 2.24) is 5.32 Å². The Morgan fingerprint density at radius 1 is 1.25 bits per heavy atom. The largest absolute Gasteiger partial charge is 0.490 e. The second-order valence-corrected chi connectivity index (χ2v) is 6.58. The third kappa shape index (κ3) is 4.62. The van der Waals surface area contributed by atoms with Crippen LogP contribution in [0.1, 0.15) is 44.1 Å². The molecule has 3 rings (SSSR count). The SMILES string of the molecule is Cl.NC1(C(=O)NCc2ccccc2OC2CCCC2)CCOCC1. The molecule has 1 aromatic carbocycles. The van der Waals surface area contributed by atoms with Gasteiger partial charge in [0.1, 0.15) is 5.75 Å². The van der Waals surface area contributed by atoms with E-state index in [-0.39, 0.29) is 18.3 Å². The molecule has 1 saturated carbocycles. The molecule has 0 atom stereocenters. The zero-order chi connectivity index (χ0) is 16.1. The van der Waals surface area contributed by atoms with E-state index in [9.17, 15) is 4.79 Å². The summed E-state index contributed by atoms with van der Waals surface area (Å²) in [6.45, 7) is 1.54. The van der Waals surface area contributed by atoms with Crippen LogP contribution < -0.4 is 15.8 Å². The highest BCUT2D eigenvalue weighted by atomic mass is 35.5. The topological polar surface area (TPSA) is 73.6 Å². The number of ether oxygens (including phenoxy) is 2. The number of carbonyl (C=O) groups is 1. The first-order chi connectivity index (χ1) is 11.2. The summed E-state index contributed by atoms with van der Waals surface area (Å²) in [6.07, 6.45) is 6.16. The first-order valence-electron chi connectivity index (χ1n) is 8.57. The van der Waals surface area contributed by atoms with Crippen molar-refractivity contribution in [2.75, 3.05) is 13.2 Å². The maximum absolute atomic E-state index is 12.4. The lowest BCUT2D eigenvalue weighted by Crippen LogP contribution is -2.56. The van der Waals surface area contributed by atoms with Crippen molar-refractivity contribution in [2.24, 2.45) is 5.73 Å². The molecule has 1 aromatic rings. The first-order valence-corrected chi connectivity index (χ1v) is 8.57. The van der Waals surface area contributed by atoms with Crippen LogP contribution in [-0.4, -0.2) is 30.8 Å². The number of nitrogens with one attached hydrogen (secondary N) is 1. The molecular formula is C18H27ClN2O3. The molecule has 1 amide bonds. The van der Waals surface area contributed by atoms with Crippen LogP contribution in [0, 0.1) is 0 Å². The van der Waals surface area contributed by atoms with E-state index in [2.05, 4.69) is 5.32 Å². The average Bonchev–Trinajstić information content (AvgIpc) is 3.07. The minimum absolute atomic E-state index is 0.